The molecule has 2 unspecified atom stereocenters. The molecule has 0 saturated heterocycles. The van der Waals surface area contributed by atoms with Crippen molar-refractivity contribution in [1.29, 1.82) is 0 Å². The zero-order valence-corrected chi connectivity index (χ0v) is 28.9. The average molecular weight is 685 g/mol. The lowest BCUT2D eigenvalue weighted by Crippen LogP contribution is -2.39. The van der Waals surface area contributed by atoms with Crippen LogP contribution in [0.3, 0.4) is 0 Å². The second kappa shape index (κ2) is 26.6. The van der Waals surface area contributed by atoms with Gasteiger partial charge in [0.05, 0.1) is 13.2 Å². The Morgan fingerprint density at radius 1 is 0.604 bits per heavy atom. The van der Waals surface area contributed by atoms with Crippen LogP contribution in [0.1, 0.15) is 38.8 Å². The molecule has 4 atom stereocenters. The Labute approximate surface area is 283 Å². The second-order valence-electron chi connectivity index (χ2n) is 11.4. The standard InChI is InChI=1S/2C15H25NO3.C4H6O6/c2*1-12(2)16-10-14(17)11-19-15-6-4-13(5-7-15)8-9-18-3;5-1(3(7)8)2(6)4(9)10/h2*4-7,12,14,16-17H,8-11H2,1-3H3;1-2,5-6H,(H,7,8)(H,9,10)/t;;1-,2+. The van der Waals surface area contributed by atoms with Crippen LogP contribution >= 0.6 is 0 Å². The van der Waals surface area contributed by atoms with Gasteiger partial charge in [-0.25, -0.2) is 9.59 Å². The fourth-order valence-corrected chi connectivity index (χ4v) is 3.46. The summed E-state index contributed by atoms with van der Waals surface area (Å²) in [7, 11) is 3.40. The number of nitrogens with one attached hydrogen (secondary N) is 2. The topological polar surface area (TPSA) is 216 Å². The Balaban J connectivity index is 0.000000727. The lowest BCUT2D eigenvalue weighted by molar-refractivity contribution is -0.165. The molecule has 0 radical (unpaired) electrons. The van der Waals surface area contributed by atoms with Crippen LogP contribution in [0, 0.1) is 0 Å². The van der Waals surface area contributed by atoms with Gasteiger partial charge in [0, 0.05) is 39.4 Å². The number of benzene rings is 2. The third-order valence-corrected chi connectivity index (χ3v) is 6.25. The van der Waals surface area contributed by atoms with Crippen molar-refractivity contribution < 1.29 is 59.2 Å². The zero-order chi connectivity index (χ0) is 36.5. The summed E-state index contributed by atoms with van der Waals surface area (Å²) in [5.41, 5.74) is 2.44. The Morgan fingerprint density at radius 3 is 1.17 bits per heavy atom. The van der Waals surface area contributed by atoms with Crippen molar-refractivity contribution in [2.75, 3.05) is 53.7 Å². The highest BCUT2D eigenvalue weighted by atomic mass is 16.5. The average Bonchev–Trinajstić information content (AvgIpc) is 3.06. The molecule has 2 aromatic carbocycles. The first-order valence-electron chi connectivity index (χ1n) is 15.8. The van der Waals surface area contributed by atoms with E-state index in [1.807, 2.05) is 76.2 Å². The number of aliphatic carboxylic acids is 2. The smallest absolute Gasteiger partial charge is 0.335 e. The number of hydrogen-bond donors (Lipinski definition) is 8. The minimum absolute atomic E-state index is 0.303. The van der Waals surface area contributed by atoms with E-state index >= 15 is 0 Å². The SMILES string of the molecule is COCCc1ccc(OCC(O)CNC(C)C)cc1.COCCc1ccc(OCC(O)CNC(C)C)cc1.O=C(O)[C@@H](O)[C@@H](O)C(=O)O. The molecule has 2 aromatic rings. The molecular formula is C34H56N2O12. The van der Waals surface area contributed by atoms with Crippen molar-refractivity contribution in [2.24, 2.45) is 0 Å². The molecule has 0 bridgehead atoms. The van der Waals surface area contributed by atoms with Gasteiger partial charge in [-0.2, -0.15) is 0 Å². The molecule has 0 aliphatic heterocycles. The van der Waals surface area contributed by atoms with E-state index in [4.69, 9.17) is 39.4 Å². The van der Waals surface area contributed by atoms with E-state index in [2.05, 4.69) is 10.6 Å². The van der Waals surface area contributed by atoms with Crippen molar-refractivity contribution in [3.8, 4) is 11.5 Å². The molecule has 8 N–H and O–H groups in total. The van der Waals surface area contributed by atoms with E-state index in [0.717, 1.165) is 37.6 Å². The van der Waals surface area contributed by atoms with Gasteiger partial charge in [0.1, 0.15) is 36.9 Å². The molecule has 0 heterocycles. The second-order valence-corrected chi connectivity index (χ2v) is 11.4. The van der Waals surface area contributed by atoms with Crippen LogP contribution in [0.15, 0.2) is 48.5 Å². The van der Waals surface area contributed by atoms with Gasteiger partial charge in [-0.1, -0.05) is 52.0 Å². The fraction of sp³-hybridized carbons (Fsp3) is 0.588. The van der Waals surface area contributed by atoms with Gasteiger partial charge in [-0.3, -0.25) is 0 Å². The Bertz CT molecular complexity index is 1010. The number of aliphatic hydroxyl groups excluding tert-OH is 4. The normalized spacial score (nSPS) is 13.3. The number of rotatable bonds is 21. The van der Waals surface area contributed by atoms with Crippen LogP contribution in [0.2, 0.25) is 0 Å². The summed E-state index contributed by atoms with van der Waals surface area (Å²) in [6, 6.07) is 16.5. The van der Waals surface area contributed by atoms with E-state index in [1.165, 1.54) is 11.1 Å². The van der Waals surface area contributed by atoms with Crippen molar-refractivity contribution in [2.45, 2.75) is 77.0 Å². The Morgan fingerprint density at radius 2 is 0.917 bits per heavy atom. The summed E-state index contributed by atoms with van der Waals surface area (Å²) in [4.78, 5) is 19.5. The summed E-state index contributed by atoms with van der Waals surface area (Å²) in [5, 5.41) is 58.3. The molecule has 48 heavy (non-hydrogen) atoms. The number of methoxy groups -OCH3 is 2. The van der Waals surface area contributed by atoms with E-state index in [-0.39, 0.29) is 0 Å². The molecule has 0 aromatic heterocycles. The van der Waals surface area contributed by atoms with Crippen LogP contribution < -0.4 is 20.1 Å². The predicted octanol–water partition coefficient (Wildman–Crippen LogP) is 1.10. The molecule has 14 nitrogen and oxygen atoms in total. The number of hydrogen-bond acceptors (Lipinski definition) is 12. The maximum absolute atomic E-state index is 9.77. The number of ether oxygens (including phenoxy) is 4. The van der Waals surface area contributed by atoms with Crippen molar-refractivity contribution in [1.82, 2.24) is 10.6 Å². The molecule has 274 valence electrons. The van der Waals surface area contributed by atoms with Gasteiger partial charge < -0.3 is 60.2 Å². The van der Waals surface area contributed by atoms with Crippen molar-refractivity contribution >= 4 is 11.9 Å². The molecule has 14 heteroatoms. The zero-order valence-electron chi connectivity index (χ0n) is 28.9. The van der Waals surface area contributed by atoms with Gasteiger partial charge in [-0.05, 0) is 48.2 Å². The first-order chi connectivity index (χ1) is 22.7. The van der Waals surface area contributed by atoms with E-state index in [0.29, 0.717) is 38.4 Å². The van der Waals surface area contributed by atoms with Gasteiger partial charge in [-0.15, -0.1) is 0 Å². The molecule has 0 fully saturated rings. The number of carbonyl (C=O) groups is 2. The van der Waals surface area contributed by atoms with Gasteiger partial charge in [0.2, 0.25) is 0 Å². The fourth-order valence-electron chi connectivity index (χ4n) is 3.46. The number of carboxylic acids is 2. The lowest BCUT2D eigenvalue weighted by Gasteiger charge is -2.15. The van der Waals surface area contributed by atoms with Gasteiger partial charge >= 0.3 is 11.9 Å². The van der Waals surface area contributed by atoms with Crippen molar-refractivity contribution in [3.63, 3.8) is 0 Å². The summed E-state index contributed by atoms with van der Waals surface area (Å²) < 4.78 is 21.1. The van der Waals surface area contributed by atoms with E-state index in [9.17, 15) is 19.8 Å². The van der Waals surface area contributed by atoms with Crippen molar-refractivity contribution in [3.05, 3.63) is 59.7 Å². The molecule has 0 aliphatic carbocycles. The molecule has 2 rings (SSSR count). The highest BCUT2D eigenvalue weighted by molar-refractivity contribution is 5.83. The molecule has 0 amide bonds. The monoisotopic (exact) mass is 684 g/mol. The van der Waals surface area contributed by atoms with Gasteiger partial charge in [0.25, 0.3) is 0 Å². The van der Waals surface area contributed by atoms with Crippen LogP contribution in [0.4, 0.5) is 0 Å². The molecule has 0 spiro atoms. The maximum Gasteiger partial charge on any atom is 0.335 e. The van der Waals surface area contributed by atoms with Gasteiger partial charge in [0.15, 0.2) is 12.2 Å². The number of aliphatic hydroxyl groups is 4. The quantitative estimate of drug-likeness (QED) is 0.0925. The minimum atomic E-state index is -2.27. The lowest BCUT2D eigenvalue weighted by atomic mass is 10.1. The third kappa shape index (κ3) is 23.1. The highest BCUT2D eigenvalue weighted by Gasteiger charge is 2.29. The summed E-state index contributed by atoms with van der Waals surface area (Å²) in [6.07, 6.45) is -3.71. The van der Waals surface area contributed by atoms with Crippen LogP contribution in [0.5, 0.6) is 11.5 Å². The summed E-state index contributed by atoms with van der Waals surface area (Å²) in [6.45, 7) is 11.3. The molecular weight excluding hydrogens is 628 g/mol. The highest BCUT2D eigenvalue weighted by Crippen LogP contribution is 2.14. The predicted molar refractivity (Wildman–Crippen MR) is 181 cm³/mol. The van der Waals surface area contributed by atoms with E-state index < -0.39 is 36.4 Å². The maximum atomic E-state index is 9.77. The first kappa shape index (κ1) is 44.7. The van der Waals surface area contributed by atoms with Crippen LogP contribution in [-0.4, -0.2) is 133 Å². The minimum Gasteiger partial charge on any atom is -0.491 e. The molecule has 0 aliphatic rings. The van der Waals surface area contributed by atoms with E-state index in [1.54, 1.807) is 14.2 Å². The summed E-state index contributed by atoms with van der Waals surface area (Å²) in [5.74, 6) is -1.97. The van der Waals surface area contributed by atoms with Crippen LogP contribution in [0.25, 0.3) is 0 Å². The first-order valence-corrected chi connectivity index (χ1v) is 15.8. The third-order valence-electron chi connectivity index (χ3n) is 6.25. The van der Waals surface area contributed by atoms with Crippen LogP contribution in [-0.2, 0) is 31.9 Å². The largest absolute Gasteiger partial charge is 0.491 e. The molecule has 0 saturated carbocycles. The number of carboxylic acid groups (broad SMARTS) is 2. The Kier molecular flexibility index (Phi) is 24.7. The Hall–Kier alpha value is -3.34. The summed E-state index contributed by atoms with van der Waals surface area (Å²) >= 11 is 0.